The van der Waals surface area contributed by atoms with E-state index in [1.165, 1.54) is 12.3 Å². The van der Waals surface area contributed by atoms with Crippen LogP contribution in [0.5, 0.6) is 0 Å². The molecule has 0 spiro atoms. The van der Waals surface area contributed by atoms with Gasteiger partial charge >= 0.3 is 0 Å². The molecule has 262 valence electrons. The minimum atomic E-state index is -3.12. The Morgan fingerprint density at radius 2 is 1.92 bits per heavy atom. The average molecular weight is 695 g/mol. The molecule has 4 aliphatic heterocycles. The number of rotatable bonds is 9. The molecule has 0 saturated carbocycles. The van der Waals surface area contributed by atoms with Gasteiger partial charge in [-0.15, -0.1) is 5.10 Å². The van der Waals surface area contributed by atoms with Gasteiger partial charge in [0.25, 0.3) is 0 Å². The summed E-state index contributed by atoms with van der Waals surface area (Å²) in [5.74, 6) is 2.03. The molecule has 0 radical (unpaired) electrons. The van der Waals surface area contributed by atoms with Crippen molar-refractivity contribution < 1.29 is 22.3 Å². The van der Waals surface area contributed by atoms with Crippen LogP contribution in [0.25, 0.3) is 10.8 Å². The number of fused-ring (bicyclic) bond motifs is 1. The number of morpholine rings is 1. The smallest absolute Gasteiger partial charge is 0.246 e. The number of likely N-dealkylation sites (tertiary alicyclic amines) is 1. The standard InChI is InChI=1S/C33H43FN10O4S/c1-4-30(45)43-10-5-6-27(43)31-23-16-29(36-17-24(23)32(40-39-31)44-18-22(21(44)2)20-49(3,46)47)37-28-7-9-35-33(38-28)42-11-8-26(25(34)19-42)41-12-14-48-15-13-41/h4,7,9,16-17,21-22,25-27H,1,5-6,8,10-15,18-20H2,2-3H3,(H,35,36,37,38)/t21-,22-,25+,26-,27?/m1/s1. The van der Waals surface area contributed by atoms with Crippen molar-refractivity contribution in [1.82, 2.24) is 34.9 Å². The molecule has 1 unspecified atom stereocenters. The second-order valence-corrected chi connectivity index (χ2v) is 15.7. The molecule has 49 heavy (non-hydrogen) atoms. The zero-order valence-corrected chi connectivity index (χ0v) is 28.7. The number of carbonyl (C=O) groups is 1. The number of ether oxygens (including phenoxy) is 1. The first-order chi connectivity index (χ1) is 23.6. The van der Waals surface area contributed by atoms with E-state index in [1.807, 2.05) is 17.9 Å². The molecular formula is C33H43FN10O4S. The minimum absolute atomic E-state index is 0.0132. The number of aromatic nitrogens is 5. The van der Waals surface area contributed by atoms with E-state index >= 15 is 4.39 Å². The number of amides is 1. The van der Waals surface area contributed by atoms with Gasteiger partial charge in [0.2, 0.25) is 11.9 Å². The van der Waals surface area contributed by atoms with Crippen LogP contribution >= 0.6 is 0 Å². The van der Waals surface area contributed by atoms with Crippen LogP contribution in [0.4, 0.5) is 27.8 Å². The molecule has 4 saturated heterocycles. The first-order valence-electron chi connectivity index (χ1n) is 16.9. The molecule has 1 N–H and O–H groups in total. The lowest BCUT2D eigenvalue weighted by Crippen LogP contribution is -2.57. The summed E-state index contributed by atoms with van der Waals surface area (Å²) in [6.45, 7) is 10.4. The Morgan fingerprint density at radius 1 is 1.10 bits per heavy atom. The maximum atomic E-state index is 15.4. The van der Waals surface area contributed by atoms with Crippen LogP contribution in [0.3, 0.4) is 0 Å². The van der Waals surface area contributed by atoms with Gasteiger partial charge in [0.05, 0.1) is 37.2 Å². The Morgan fingerprint density at radius 3 is 2.65 bits per heavy atom. The Labute approximate surface area is 285 Å². The summed E-state index contributed by atoms with van der Waals surface area (Å²) in [6, 6.07) is 3.17. The number of hydrogen-bond donors (Lipinski definition) is 1. The third-order valence-corrected chi connectivity index (χ3v) is 11.3. The van der Waals surface area contributed by atoms with E-state index in [2.05, 4.69) is 31.8 Å². The minimum Gasteiger partial charge on any atom is -0.379 e. The van der Waals surface area contributed by atoms with E-state index in [1.54, 1.807) is 23.4 Å². The number of pyridine rings is 1. The van der Waals surface area contributed by atoms with Crippen molar-refractivity contribution in [3.8, 4) is 0 Å². The van der Waals surface area contributed by atoms with Gasteiger partial charge in [0, 0.05) is 80.1 Å². The van der Waals surface area contributed by atoms with Crippen LogP contribution in [0.15, 0.2) is 37.2 Å². The van der Waals surface area contributed by atoms with Crippen LogP contribution in [-0.2, 0) is 19.4 Å². The summed E-state index contributed by atoms with van der Waals surface area (Å²) in [4.78, 5) is 34.6. The van der Waals surface area contributed by atoms with E-state index in [9.17, 15) is 13.2 Å². The lowest BCUT2D eigenvalue weighted by atomic mass is 9.91. The van der Waals surface area contributed by atoms with E-state index in [-0.39, 0.29) is 42.2 Å². The molecule has 16 heteroatoms. The third-order valence-electron chi connectivity index (χ3n) is 10.3. The fraction of sp³-hybridized carbons (Fsp3) is 0.576. The number of anilines is 4. The largest absolute Gasteiger partial charge is 0.379 e. The van der Waals surface area contributed by atoms with Gasteiger partial charge in [-0.3, -0.25) is 9.69 Å². The molecule has 5 atom stereocenters. The van der Waals surface area contributed by atoms with Crippen molar-refractivity contribution in [1.29, 1.82) is 0 Å². The van der Waals surface area contributed by atoms with E-state index in [0.717, 1.165) is 36.7 Å². The number of nitrogens with one attached hydrogen (secondary N) is 1. The molecule has 7 rings (SSSR count). The van der Waals surface area contributed by atoms with Gasteiger partial charge in [-0.05, 0) is 44.4 Å². The predicted molar refractivity (Wildman–Crippen MR) is 184 cm³/mol. The van der Waals surface area contributed by atoms with Crippen LogP contribution < -0.4 is 15.1 Å². The number of sulfone groups is 1. The number of piperidine rings is 1. The van der Waals surface area contributed by atoms with Gasteiger partial charge in [-0.1, -0.05) is 6.58 Å². The summed E-state index contributed by atoms with van der Waals surface area (Å²) in [6.07, 6.45) is 7.19. The number of carbonyl (C=O) groups excluding carboxylic acids is 1. The average Bonchev–Trinajstić information content (AvgIpc) is 3.59. The Balaban J connectivity index is 1.15. The van der Waals surface area contributed by atoms with Gasteiger partial charge in [-0.2, -0.15) is 10.1 Å². The second kappa shape index (κ2) is 13.7. The molecule has 0 aliphatic carbocycles. The third kappa shape index (κ3) is 6.90. The van der Waals surface area contributed by atoms with Crippen molar-refractivity contribution >= 4 is 49.9 Å². The molecular weight excluding hydrogens is 651 g/mol. The lowest BCUT2D eigenvalue weighted by molar-refractivity contribution is -0.126. The van der Waals surface area contributed by atoms with Crippen molar-refractivity contribution in [2.45, 2.75) is 50.5 Å². The summed E-state index contributed by atoms with van der Waals surface area (Å²) in [5, 5.41) is 14.2. The van der Waals surface area contributed by atoms with Gasteiger partial charge in [-0.25, -0.2) is 22.8 Å². The predicted octanol–water partition coefficient (Wildman–Crippen LogP) is 2.53. The van der Waals surface area contributed by atoms with Crippen molar-refractivity contribution in [3.05, 3.63) is 42.9 Å². The van der Waals surface area contributed by atoms with E-state index < -0.39 is 16.0 Å². The fourth-order valence-corrected chi connectivity index (χ4v) is 8.82. The normalized spacial score (nSPS) is 26.5. The Hall–Kier alpha value is -4.02. The highest BCUT2D eigenvalue weighted by atomic mass is 32.2. The van der Waals surface area contributed by atoms with Crippen molar-refractivity contribution in [2.75, 3.05) is 79.6 Å². The number of halogens is 1. The zero-order valence-electron chi connectivity index (χ0n) is 27.9. The zero-order chi connectivity index (χ0) is 34.3. The fourth-order valence-electron chi connectivity index (χ4n) is 7.66. The summed E-state index contributed by atoms with van der Waals surface area (Å²) >= 11 is 0. The molecule has 0 aromatic carbocycles. The number of alkyl halides is 1. The van der Waals surface area contributed by atoms with Crippen LogP contribution in [0.2, 0.25) is 0 Å². The number of hydrogen-bond acceptors (Lipinski definition) is 13. The highest BCUT2D eigenvalue weighted by molar-refractivity contribution is 7.90. The van der Waals surface area contributed by atoms with E-state index in [4.69, 9.17) is 19.8 Å². The maximum absolute atomic E-state index is 15.4. The highest BCUT2D eigenvalue weighted by Crippen LogP contribution is 2.40. The molecule has 0 bridgehead atoms. The molecule has 4 fully saturated rings. The number of nitrogens with zero attached hydrogens (tertiary/aromatic N) is 9. The maximum Gasteiger partial charge on any atom is 0.246 e. The summed E-state index contributed by atoms with van der Waals surface area (Å²) in [7, 11) is -3.12. The van der Waals surface area contributed by atoms with Crippen LogP contribution in [-0.4, -0.2) is 132 Å². The van der Waals surface area contributed by atoms with Crippen molar-refractivity contribution in [2.24, 2.45) is 5.92 Å². The highest BCUT2D eigenvalue weighted by Gasteiger charge is 2.40. The topological polar surface area (TPSA) is 150 Å². The summed E-state index contributed by atoms with van der Waals surface area (Å²) < 4.78 is 44.8. The SMILES string of the molecule is C=CC(=O)N1CCCC1c1nnc(N2C[C@H](CS(C)(=O)=O)[C@H]2C)c2cnc(Nc3ccnc(N4CC[C@@H](N5CCOCC5)[C@@H](F)C4)n3)cc12. The lowest BCUT2D eigenvalue weighted by Gasteiger charge is -2.47. The monoisotopic (exact) mass is 694 g/mol. The van der Waals surface area contributed by atoms with Crippen molar-refractivity contribution in [3.63, 3.8) is 0 Å². The molecule has 3 aromatic rings. The molecule has 3 aromatic heterocycles. The second-order valence-electron chi connectivity index (χ2n) is 13.5. The molecule has 1 amide bonds. The van der Waals surface area contributed by atoms with Gasteiger partial charge < -0.3 is 24.8 Å². The molecule has 7 heterocycles. The molecule has 14 nitrogen and oxygen atoms in total. The van der Waals surface area contributed by atoms with E-state index in [0.29, 0.717) is 68.4 Å². The quantitative estimate of drug-likeness (QED) is 0.327. The van der Waals surface area contributed by atoms with Gasteiger partial charge in [0.15, 0.2) is 5.82 Å². The first-order valence-corrected chi connectivity index (χ1v) is 19.0. The molecule has 4 aliphatic rings. The van der Waals surface area contributed by atoms with Crippen LogP contribution in [0.1, 0.15) is 37.9 Å². The first kappa shape index (κ1) is 33.5. The Bertz CT molecular complexity index is 1830. The summed E-state index contributed by atoms with van der Waals surface area (Å²) in [5.41, 5.74) is 0.665. The van der Waals surface area contributed by atoms with Crippen LogP contribution in [0, 0.1) is 5.92 Å². The van der Waals surface area contributed by atoms with Gasteiger partial charge in [0.1, 0.15) is 27.6 Å². The Kier molecular flexibility index (Phi) is 9.37.